The largest absolute Gasteiger partial charge is 0.497 e. The van der Waals surface area contributed by atoms with Crippen LogP contribution in [0.25, 0.3) is 0 Å². The number of methoxy groups -OCH3 is 1. The molecular weight excluding hydrogens is 292 g/mol. The second-order valence-corrected chi connectivity index (χ2v) is 6.82. The molecule has 1 saturated heterocycles. The van der Waals surface area contributed by atoms with Gasteiger partial charge in [0.1, 0.15) is 5.75 Å². The summed E-state index contributed by atoms with van der Waals surface area (Å²) in [5, 5.41) is 9.32. The normalized spacial score (nSPS) is 20.4. The molecule has 0 bridgehead atoms. The van der Waals surface area contributed by atoms with Crippen molar-refractivity contribution in [2.45, 2.75) is 31.8 Å². The number of aliphatic hydroxyl groups is 1. The van der Waals surface area contributed by atoms with Crippen molar-refractivity contribution in [3.63, 3.8) is 0 Å². The topological polar surface area (TPSA) is 78.9 Å². The third-order valence-corrected chi connectivity index (χ3v) is 5.32. The number of nitrogens with zero attached hydrogens (tertiary/aromatic N) is 1. The number of nitrogens with one attached hydrogen (secondary N) is 1. The minimum Gasteiger partial charge on any atom is -0.497 e. The van der Waals surface area contributed by atoms with Crippen molar-refractivity contribution < 1.29 is 18.3 Å². The average molecular weight is 314 g/mol. The Morgan fingerprint density at radius 2 is 2.05 bits per heavy atom. The van der Waals surface area contributed by atoms with E-state index in [0.29, 0.717) is 13.0 Å². The van der Waals surface area contributed by atoms with Gasteiger partial charge in [0.05, 0.1) is 13.7 Å². The van der Waals surface area contributed by atoms with Gasteiger partial charge in [-0.25, -0.2) is 0 Å². The van der Waals surface area contributed by atoms with E-state index in [4.69, 9.17) is 4.74 Å². The number of ether oxygens (including phenoxy) is 1. The first-order chi connectivity index (χ1) is 10.1. The molecule has 0 amide bonds. The fraction of sp³-hybridized carbons (Fsp3) is 0.571. The number of hydrogen-bond acceptors (Lipinski definition) is 4. The van der Waals surface area contributed by atoms with Crippen molar-refractivity contribution in [3.05, 3.63) is 29.8 Å². The minimum atomic E-state index is -3.57. The van der Waals surface area contributed by atoms with E-state index in [1.165, 1.54) is 4.31 Å². The Labute approximate surface area is 125 Å². The van der Waals surface area contributed by atoms with Gasteiger partial charge in [-0.2, -0.15) is 17.4 Å². The predicted molar refractivity (Wildman–Crippen MR) is 80.2 cm³/mol. The fourth-order valence-corrected chi connectivity index (χ4v) is 3.92. The monoisotopic (exact) mass is 314 g/mol. The van der Waals surface area contributed by atoms with Crippen LogP contribution in [-0.2, 0) is 16.8 Å². The molecule has 1 aliphatic heterocycles. The first-order valence-corrected chi connectivity index (χ1v) is 8.51. The highest BCUT2D eigenvalue weighted by Gasteiger charge is 2.31. The molecule has 1 aliphatic rings. The van der Waals surface area contributed by atoms with Gasteiger partial charge in [-0.15, -0.1) is 0 Å². The van der Waals surface area contributed by atoms with Gasteiger partial charge in [0, 0.05) is 19.1 Å². The molecule has 1 aromatic carbocycles. The van der Waals surface area contributed by atoms with Crippen LogP contribution in [0.1, 0.15) is 24.8 Å². The molecule has 1 aromatic rings. The maximum atomic E-state index is 12.3. The highest BCUT2D eigenvalue weighted by atomic mass is 32.2. The zero-order valence-corrected chi connectivity index (χ0v) is 13.0. The average Bonchev–Trinajstić information content (AvgIpc) is 2.53. The number of benzene rings is 1. The Bertz CT molecular complexity index is 545. The van der Waals surface area contributed by atoms with E-state index in [9.17, 15) is 13.5 Å². The number of aliphatic hydroxyl groups excluding tert-OH is 1. The molecule has 0 saturated carbocycles. The first kappa shape index (κ1) is 16.2. The summed E-state index contributed by atoms with van der Waals surface area (Å²) in [6.07, 6.45) is 2.50. The lowest BCUT2D eigenvalue weighted by Crippen LogP contribution is -2.50. The number of piperidine rings is 1. The van der Waals surface area contributed by atoms with E-state index >= 15 is 0 Å². The van der Waals surface area contributed by atoms with E-state index in [1.54, 1.807) is 19.2 Å². The molecule has 118 valence electrons. The zero-order valence-electron chi connectivity index (χ0n) is 12.2. The second kappa shape index (κ2) is 7.22. The molecule has 1 unspecified atom stereocenters. The molecule has 7 heteroatoms. The maximum Gasteiger partial charge on any atom is 0.280 e. The molecule has 0 aliphatic carbocycles. The summed E-state index contributed by atoms with van der Waals surface area (Å²) in [7, 11) is -1.98. The van der Waals surface area contributed by atoms with Crippen LogP contribution < -0.4 is 9.46 Å². The van der Waals surface area contributed by atoms with Crippen LogP contribution >= 0.6 is 0 Å². The van der Waals surface area contributed by atoms with Gasteiger partial charge >= 0.3 is 0 Å². The lowest BCUT2D eigenvalue weighted by atomic mass is 10.1. The summed E-state index contributed by atoms with van der Waals surface area (Å²) in [5.41, 5.74) is 0.858. The van der Waals surface area contributed by atoms with Crippen molar-refractivity contribution in [1.29, 1.82) is 0 Å². The van der Waals surface area contributed by atoms with Crippen LogP contribution in [0.2, 0.25) is 0 Å². The highest BCUT2D eigenvalue weighted by Crippen LogP contribution is 2.19. The minimum absolute atomic E-state index is 0.135. The Balaban J connectivity index is 1.99. The van der Waals surface area contributed by atoms with Gasteiger partial charge < -0.3 is 9.84 Å². The molecule has 0 aromatic heterocycles. The van der Waals surface area contributed by atoms with Crippen LogP contribution in [0.3, 0.4) is 0 Å². The molecule has 1 atom stereocenters. The van der Waals surface area contributed by atoms with Gasteiger partial charge in [-0.3, -0.25) is 0 Å². The molecule has 6 nitrogen and oxygen atoms in total. The van der Waals surface area contributed by atoms with Gasteiger partial charge in [0.25, 0.3) is 10.2 Å². The van der Waals surface area contributed by atoms with Gasteiger partial charge in [-0.05, 0) is 30.5 Å². The third-order valence-electron chi connectivity index (χ3n) is 3.71. The highest BCUT2D eigenvalue weighted by molar-refractivity contribution is 7.87. The Morgan fingerprint density at radius 1 is 1.33 bits per heavy atom. The van der Waals surface area contributed by atoms with E-state index < -0.39 is 10.2 Å². The van der Waals surface area contributed by atoms with Gasteiger partial charge in [0.2, 0.25) is 0 Å². The predicted octanol–water partition coefficient (Wildman–Crippen LogP) is 0.876. The van der Waals surface area contributed by atoms with Crippen LogP contribution in [-0.4, -0.2) is 44.1 Å². The van der Waals surface area contributed by atoms with Crippen molar-refractivity contribution in [3.8, 4) is 5.75 Å². The molecule has 0 radical (unpaired) electrons. The van der Waals surface area contributed by atoms with E-state index in [0.717, 1.165) is 24.2 Å². The van der Waals surface area contributed by atoms with Crippen molar-refractivity contribution in [2.75, 3.05) is 20.3 Å². The summed E-state index contributed by atoms with van der Waals surface area (Å²) < 4.78 is 33.7. The summed E-state index contributed by atoms with van der Waals surface area (Å²) in [4.78, 5) is 0. The zero-order chi connectivity index (χ0) is 15.3. The molecule has 2 N–H and O–H groups in total. The van der Waals surface area contributed by atoms with E-state index in [2.05, 4.69) is 4.72 Å². The molecule has 1 fully saturated rings. The molecule has 2 rings (SSSR count). The lowest BCUT2D eigenvalue weighted by Gasteiger charge is -2.33. The molecular formula is C14H22N2O4S. The van der Waals surface area contributed by atoms with Crippen molar-refractivity contribution in [2.24, 2.45) is 0 Å². The fourth-order valence-electron chi connectivity index (χ4n) is 2.47. The Morgan fingerprint density at radius 3 is 2.67 bits per heavy atom. The second-order valence-electron chi connectivity index (χ2n) is 5.12. The standard InChI is InChI=1S/C14H22N2O4S/c1-20-14-7-5-12(6-8-14)10-15-21(18,19)16-9-3-2-4-13(16)11-17/h5-8,13,15,17H,2-4,9-11H2,1H3. The molecule has 0 spiro atoms. The molecule has 21 heavy (non-hydrogen) atoms. The van der Waals surface area contributed by atoms with Gasteiger partial charge in [0.15, 0.2) is 0 Å². The first-order valence-electron chi connectivity index (χ1n) is 7.07. The van der Waals surface area contributed by atoms with Gasteiger partial charge in [-0.1, -0.05) is 18.6 Å². The van der Waals surface area contributed by atoms with Crippen LogP contribution in [0.15, 0.2) is 24.3 Å². The Kier molecular flexibility index (Phi) is 5.58. The summed E-state index contributed by atoms with van der Waals surface area (Å²) >= 11 is 0. The molecule has 1 heterocycles. The smallest absolute Gasteiger partial charge is 0.280 e. The third kappa shape index (κ3) is 4.16. The van der Waals surface area contributed by atoms with E-state index in [1.807, 2.05) is 12.1 Å². The number of hydrogen-bond donors (Lipinski definition) is 2. The summed E-state index contributed by atoms with van der Waals surface area (Å²) in [6.45, 7) is 0.549. The lowest BCUT2D eigenvalue weighted by molar-refractivity contribution is 0.154. The SMILES string of the molecule is COc1ccc(CNS(=O)(=O)N2CCCCC2CO)cc1. The number of rotatable bonds is 6. The quantitative estimate of drug-likeness (QED) is 0.817. The van der Waals surface area contributed by atoms with E-state index in [-0.39, 0.29) is 19.2 Å². The summed E-state index contributed by atoms with van der Waals surface area (Å²) in [6, 6.07) is 6.91. The van der Waals surface area contributed by atoms with Crippen LogP contribution in [0, 0.1) is 0 Å². The van der Waals surface area contributed by atoms with Crippen LogP contribution in [0.4, 0.5) is 0 Å². The van der Waals surface area contributed by atoms with Crippen molar-refractivity contribution >= 4 is 10.2 Å². The van der Waals surface area contributed by atoms with Crippen molar-refractivity contribution in [1.82, 2.24) is 9.03 Å². The maximum absolute atomic E-state index is 12.3. The summed E-state index contributed by atoms with van der Waals surface area (Å²) in [5.74, 6) is 0.734. The van der Waals surface area contributed by atoms with Crippen LogP contribution in [0.5, 0.6) is 5.75 Å². The Hall–Kier alpha value is -1.15.